The number of morpholine rings is 1. The Morgan fingerprint density at radius 3 is 2.60 bits per heavy atom. The van der Waals surface area contributed by atoms with E-state index in [4.69, 9.17) is 9.47 Å². The largest absolute Gasteiger partial charge is 0.491 e. The monoisotopic (exact) mass is 279 g/mol. The molecule has 2 rings (SSSR count). The summed E-state index contributed by atoms with van der Waals surface area (Å²) in [5.41, 5.74) is 0.900. The van der Waals surface area contributed by atoms with Crippen LogP contribution in [0.15, 0.2) is 24.3 Å². The number of ether oxygens (including phenoxy) is 2. The van der Waals surface area contributed by atoms with E-state index >= 15 is 0 Å². The highest BCUT2D eigenvalue weighted by atomic mass is 16.5. The van der Waals surface area contributed by atoms with Crippen molar-refractivity contribution in [1.82, 2.24) is 4.90 Å². The quantitative estimate of drug-likeness (QED) is 0.897. The Labute approximate surface area is 121 Å². The predicted octanol–water partition coefficient (Wildman–Crippen LogP) is 2.23. The van der Waals surface area contributed by atoms with Crippen molar-refractivity contribution in [3.63, 3.8) is 0 Å². The highest BCUT2D eigenvalue weighted by Gasteiger charge is 2.22. The number of nitrogens with zero attached hydrogens (tertiary/aromatic N) is 1. The number of rotatable bonds is 5. The summed E-state index contributed by atoms with van der Waals surface area (Å²) < 4.78 is 11.5. The maximum Gasteiger partial charge on any atom is 0.119 e. The molecule has 1 aromatic rings. The third-order valence-electron chi connectivity index (χ3n) is 3.70. The Bertz CT molecular complexity index is 403. The summed E-state index contributed by atoms with van der Waals surface area (Å²) in [4.78, 5) is 2.41. The van der Waals surface area contributed by atoms with Gasteiger partial charge in [0.05, 0.1) is 12.7 Å². The number of hydrogen-bond acceptors (Lipinski definition) is 4. The van der Waals surface area contributed by atoms with Gasteiger partial charge in [-0.25, -0.2) is 0 Å². The molecule has 0 bridgehead atoms. The molecule has 0 aliphatic carbocycles. The van der Waals surface area contributed by atoms with Gasteiger partial charge in [-0.05, 0) is 38.5 Å². The molecule has 1 aliphatic heterocycles. The lowest BCUT2D eigenvalue weighted by Crippen LogP contribution is -2.47. The molecular weight excluding hydrogens is 254 g/mol. The van der Waals surface area contributed by atoms with Crippen LogP contribution < -0.4 is 4.74 Å². The molecule has 2 atom stereocenters. The van der Waals surface area contributed by atoms with Crippen LogP contribution in [-0.2, 0) is 4.74 Å². The third-order valence-corrected chi connectivity index (χ3v) is 3.70. The van der Waals surface area contributed by atoms with Gasteiger partial charge in [0.15, 0.2) is 0 Å². The molecule has 112 valence electrons. The molecule has 0 saturated carbocycles. The Balaban J connectivity index is 1.82. The maximum atomic E-state index is 9.46. The number of aliphatic hydroxyl groups excluding tert-OH is 1. The zero-order chi connectivity index (χ0) is 14.5. The van der Waals surface area contributed by atoms with Crippen LogP contribution in [0, 0.1) is 0 Å². The van der Waals surface area contributed by atoms with Gasteiger partial charge in [0, 0.05) is 19.1 Å². The van der Waals surface area contributed by atoms with Crippen molar-refractivity contribution in [3.05, 3.63) is 29.8 Å². The summed E-state index contributed by atoms with van der Waals surface area (Å²) in [5.74, 6) is 0.819. The first-order valence-corrected chi connectivity index (χ1v) is 7.32. The van der Waals surface area contributed by atoms with E-state index in [9.17, 15) is 5.11 Å². The highest BCUT2D eigenvalue weighted by molar-refractivity contribution is 5.28. The van der Waals surface area contributed by atoms with Crippen molar-refractivity contribution in [2.24, 2.45) is 0 Å². The van der Waals surface area contributed by atoms with Crippen molar-refractivity contribution < 1.29 is 14.6 Å². The van der Waals surface area contributed by atoms with Crippen LogP contribution in [0.4, 0.5) is 0 Å². The van der Waals surface area contributed by atoms with Crippen LogP contribution in [0.5, 0.6) is 5.75 Å². The predicted molar refractivity (Wildman–Crippen MR) is 79.0 cm³/mol. The molecule has 1 aromatic carbocycles. The zero-order valence-corrected chi connectivity index (χ0v) is 12.6. The first-order valence-electron chi connectivity index (χ1n) is 7.32. The van der Waals surface area contributed by atoms with E-state index in [2.05, 4.69) is 18.7 Å². The van der Waals surface area contributed by atoms with E-state index in [0.717, 1.165) is 31.0 Å². The average molecular weight is 279 g/mol. The fraction of sp³-hybridized carbons (Fsp3) is 0.625. The third kappa shape index (κ3) is 4.20. The second kappa shape index (κ2) is 7.07. The first kappa shape index (κ1) is 15.3. The SMILES string of the molecule is CC(C)N1CCOC(COc2ccc([C@@H](C)O)cc2)C1. The van der Waals surface area contributed by atoms with E-state index in [0.29, 0.717) is 12.6 Å². The first-order chi connectivity index (χ1) is 9.56. The van der Waals surface area contributed by atoms with Gasteiger partial charge in [-0.2, -0.15) is 0 Å². The van der Waals surface area contributed by atoms with Crippen molar-refractivity contribution in [1.29, 1.82) is 0 Å². The normalized spacial score (nSPS) is 21.9. The molecule has 0 radical (unpaired) electrons. The van der Waals surface area contributed by atoms with Crippen LogP contribution in [0.2, 0.25) is 0 Å². The van der Waals surface area contributed by atoms with E-state index < -0.39 is 6.10 Å². The van der Waals surface area contributed by atoms with Gasteiger partial charge >= 0.3 is 0 Å². The van der Waals surface area contributed by atoms with Crippen molar-refractivity contribution in [3.8, 4) is 5.75 Å². The lowest BCUT2D eigenvalue weighted by Gasteiger charge is -2.35. The van der Waals surface area contributed by atoms with Crippen LogP contribution >= 0.6 is 0 Å². The molecule has 1 N–H and O–H groups in total. The zero-order valence-electron chi connectivity index (χ0n) is 12.6. The molecule has 1 unspecified atom stereocenters. The Morgan fingerprint density at radius 1 is 1.30 bits per heavy atom. The van der Waals surface area contributed by atoms with Gasteiger partial charge in [-0.1, -0.05) is 12.1 Å². The summed E-state index contributed by atoms with van der Waals surface area (Å²) in [6.07, 6.45) is -0.312. The van der Waals surface area contributed by atoms with Crippen molar-refractivity contribution in [2.75, 3.05) is 26.3 Å². The number of benzene rings is 1. The van der Waals surface area contributed by atoms with E-state index in [1.807, 2.05) is 24.3 Å². The van der Waals surface area contributed by atoms with Crippen LogP contribution in [-0.4, -0.2) is 48.5 Å². The molecule has 4 nitrogen and oxygen atoms in total. The van der Waals surface area contributed by atoms with Gasteiger partial charge in [0.1, 0.15) is 18.5 Å². The molecular formula is C16H25NO3. The van der Waals surface area contributed by atoms with Crippen LogP contribution in [0.25, 0.3) is 0 Å². The smallest absolute Gasteiger partial charge is 0.119 e. The Hall–Kier alpha value is -1.10. The van der Waals surface area contributed by atoms with Crippen molar-refractivity contribution in [2.45, 2.75) is 39.0 Å². The summed E-state index contributed by atoms with van der Waals surface area (Å²) in [7, 11) is 0. The van der Waals surface area contributed by atoms with Crippen LogP contribution in [0.1, 0.15) is 32.4 Å². The van der Waals surface area contributed by atoms with Crippen molar-refractivity contribution >= 4 is 0 Å². The minimum absolute atomic E-state index is 0.127. The standard InChI is InChI=1S/C16H25NO3/c1-12(2)17-8-9-19-16(10-17)11-20-15-6-4-14(5-7-15)13(3)18/h4-7,12-13,16,18H,8-11H2,1-3H3/t13-,16?/m1/s1. The van der Waals surface area contributed by atoms with Gasteiger partial charge in [0.2, 0.25) is 0 Å². The van der Waals surface area contributed by atoms with Gasteiger partial charge < -0.3 is 14.6 Å². The number of aliphatic hydroxyl groups is 1. The molecule has 1 heterocycles. The van der Waals surface area contributed by atoms with Gasteiger partial charge in [-0.3, -0.25) is 4.90 Å². The summed E-state index contributed by atoms with van der Waals surface area (Å²) >= 11 is 0. The van der Waals surface area contributed by atoms with E-state index in [1.165, 1.54) is 0 Å². The summed E-state index contributed by atoms with van der Waals surface area (Å²) in [6, 6.07) is 8.12. The second-order valence-corrected chi connectivity index (χ2v) is 5.64. The molecule has 1 fully saturated rings. The minimum Gasteiger partial charge on any atom is -0.491 e. The Morgan fingerprint density at radius 2 is 2.00 bits per heavy atom. The fourth-order valence-electron chi connectivity index (χ4n) is 2.34. The van der Waals surface area contributed by atoms with E-state index in [-0.39, 0.29) is 6.10 Å². The maximum absolute atomic E-state index is 9.46. The molecule has 0 aromatic heterocycles. The molecule has 1 saturated heterocycles. The summed E-state index contributed by atoms with van der Waals surface area (Å²) in [6.45, 7) is 9.42. The Kier molecular flexibility index (Phi) is 5.40. The molecule has 20 heavy (non-hydrogen) atoms. The molecule has 0 spiro atoms. The molecule has 0 amide bonds. The summed E-state index contributed by atoms with van der Waals surface area (Å²) in [5, 5.41) is 9.46. The number of hydrogen-bond donors (Lipinski definition) is 1. The lowest BCUT2D eigenvalue weighted by atomic mass is 10.1. The average Bonchev–Trinajstić information content (AvgIpc) is 2.46. The lowest BCUT2D eigenvalue weighted by molar-refractivity contribution is -0.0564. The van der Waals surface area contributed by atoms with Gasteiger partial charge in [0.25, 0.3) is 0 Å². The fourth-order valence-corrected chi connectivity index (χ4v) is 2.34. The van der Waals surface area contributed by atoms with E-state index in [1.54, 1.807) is 6.92 Å². The second-order valence-electron chi connectivity index (χ2n) is 5.64. The molecule has 4 heteroatoms. The molecule has 1 aliphatic rings. The minimum atomic E-state index is -0.440. The van der Waals surface area contributed by atoms with Gasteiger partial charge in [-0.15, -0.1) is 0 Å². The topological polar surface area (TPSA) is 41.9 Å². The highest BCUT2D eigenvalue weighted by Crippen LogP contribution is 2.18. The van der Waals surface area contributed by atoms with Crippen LogP contribution in [0.3, 0.4) is 0 Å².